The predicted molar refractivity (Wildman–Crippen MR) is 95.2 cm³/mol. The van der Waals surface area contributed by atoms with Gasteiger partial charge in [-0.2, -0.15) is 0 Å². The highest BCUT2D eigenvalue weighted by Crippen LogP contribution is 2.26. The van der Waals surface area contributed by atoms with Gasteiger partial charge in [0.1, 0.15) is 0 Å². The van der Waals surface area contributed by atoms with E-state index in [9.17, 15) is 4.79 Å². The van der Waals surface area contributed by atoms with Gasteiger partial charge in [-0.3, -0.25) is 4.79 Å². The van der Waals surface area contributed by atoms with Gasteiger partial charge in [0.25, 0.3) is 5.91 Å². The molecule has 0 bridgehead atoms. The Morgan fingerprint density at radius 2 is 1.96 bits per heavy atom. The fourth-order valence-electron chi connectivity index (χ4n) is 2.84. The van der Waals surface area contributed by atoms with Crippen molar-refractivity contribution in [1.82, 2.24) is 0 Å². The Morgan fingerprint density at radius 3 is 2.70 bits per heavy atom. The van der Waals surface area contributed by atoms with Crippen molar-refractivity contribution in [3.05, 3.63) is 58.6 Å². The number of amides is 1. The molecule has 23 heavy (non-hydrogen) atoms. The molecule has 0 saturated carbocycles. The molecule has 0 radical (unpaired) electrons. The number of carbonyl (C=O) groups excluding carboxylic acids is 1. The van der Waals surface area contributed by atoms with Crippen molar-refractivity contribution < 1.29 is 4.79 Å². The Morgan fingerprint density at radius 1 is 1.17 bits per heavy atom. The molecule has 5 heteroatoms. The molecule has 0 atom stereocenters. The molecule has 1 amide bonds. The highest BCUT2D eigenvalue weighted by atomic mass is 35.5. The molecule has 120 valence electrons. The molecule has 3 rings (SSSR count). The van der Waals surface area contributed by atoms with Crippen LogP contribution in [0.25, 0.3) is 0 Å². The van der Waals surface area contributed by atoms with Crippen LogP contribution in [0, 0.1) is 0 Å². The Balaban J connectivity index is 1.81. The maximum absolute atomic E-state index is 12.5. The summed E-state index contributed by atoms with van der Waals surface area (Å²) in [5, 5.41) is 3.49. The van der Waals surface area contributed by atoms with Crippen LogP contribution in [0.4, 0.5) is 11.4 Å². The Hall–Kier alpha value is -2.04. The first-order chi connectivity index (χ1) is 11.2. The highest BCUT2D eigenvalue weighted by Gasteiger charge is 2.16. The summed E-state index contributed by atoms with van der Waals surface area (Å²) in [4.78, 5) is 14.8. The minimum absolute atomic E-state index is 0.165. The van der Waals surface area contributed by atoms with Crippen LogP contribution >= 0.6 is 11.6 Å². The number of rotatable bonds is 4. The van der Waals surface area contributed by atoms with Gasteiger partial charge in [-0.15, -0.1) is 0 Å². The standard InChI is InChI=1S/C18H20ClN3O/c19-15-9-14(10-17(11-15)22-6-1-2-7-22)18(23)21-16-5-3-4-13(8-16)12-20/h3-5,8-11H,1-2,6-7,12,20H2,(H,21,23). The minimum atomic E-state index is -0.165. The van der Waals surface area contributed by atoms with Gasteiger partial charge in [0.15, 0.2) is 0 Å². The third kappa shape index (κ3) is 3.84. The monoisotopic (exact) mass is 329 g/mol. The first-order valence-electron chi connectivity index (χ1n) is 7.81. The van der Waals surface area contributed by atoms with Gasteiger partial charge in [0.2, 0.25) is 0 Å². The van der Waals surface area contributed by atoms with E-state index < -0.39 is 0 Å². The van der Waals surface area contributed by atoms with Gasteiger partial charge in [-0.05, 0) is 48.7 Å². The second kappa shape index (κ2) is 7.02. The van der Waals surface area contributed by atoms with E-state index in [1.54, 1.807) is 6.07 Å². The summed E-state index contributed by atoms with van der Waals surface area (Å²) in [7, 11) is 0. The van der Waals surface area contributed by atoms with E-state index >= 15 is 0 Å². The lowest BCUT2D eigenvalue weighted by Gasteiger charge is -2.19. The first-order valence-corrected chi connectivity index (χ1v) is 8.19. The van der Waals surface area contributed by atoms with Crippen LogP contribution < -0.4 is 16.0 Å². The molecule has 1 saturated heterocycles. The summed E-state index contributed by atoms with van der Waals surface area (Å²) >= 11 is 6.20. The molecule has 1 heterocycles. The van der Waals surface area contributed by atoms with E-state index in [0.29, 0.717) is 17.1 Å². The van der Waals surface area contributed by atoms with Crippen molar-refractivity contribution in [2.45, 2.75) is 19.4 Å². The van der Waals surface area contributed by atoms with Crippen molar-refractivity contribution in [3.8, 4) is 0 Å². The van der Waals surface area contributed by atoms with Crippen LogP contribution in [0.2, 0.25) is 5.02 Å². The van der Waals surface area contributed by atoms with Crippen molar-refractivity contribution in [1.29, 1.82) is 0 Å². The molecule has 3 N–H and O–H groups in total. The second-order valence-corrected chi connectivity index (χ2v) is 6.19. The molecule has 1 aliphatic heterocycles. The van der Waals surface area contributed by atoms with Crippen molar-refractivity contribution in [2.75, 3.05) is 23.3 Å². The average molecular weight is 330 g/mol. The zero-order valence-electron chi connectivity index (χ0n) is 12.9. The van der Waals surface area contributed by atoms with Crippen molar-refractivity contribution >= 4 is 28.9 Å². The van der Waals surface area contributed by atoms with Gasteiger partial charge in [0.05, 0.1) is 0 Å². The van der Waals surface area contributed by atoms with Gasteiger partial charge < -0.3 is 16.0 Å². The zero-order chi connectivity index (χ0) is 16.2. The molecule has 1 fully saturated rings. The van der Waals surface area contributed by atoms with Crippen LogP contribution in [0.1, 0.15) is 28.8 Å². The zero-order valence-corrected chi connectivity index (χ0v) is 13.6. The fraction of sp³-hybridized carbons (Fsp3) is 0.278. The fourth-order valence-corrected chi connectivity index (χ4v) is 3.07. The molecule has 0 aromatic heterocycles. The Bertz CT molecular complexity index is 711. The van der Waals surface area contributed by atoms with Crippen LogP contribution in [0.3, 0.4) is 0 Å². The minimum Gasteiger partial charge on any atom is -0.371 e. The summed E-state index contributed by atoms with van der Waals surface area (Å²) in [6, 6.07) is 13.1. The molecule has 2 aromatic carbocycles. The van der Waals surface area contributed by atoms with Crippen LogP contribution in [0.15, 0.2) is 42.5 Å². The number of carbonyl (C=O) groups is 1. The first kappa shape index (κ1) is 15.8. The third-order valence-corrected chi connectivity index (χ3v) is 4.25. The number of nitrogens with one attached hydrogen (secondary N) is 1. The number of hydrogen-bond donors (Lipinski definition) is 2. The number of nitrogens with two attached hydrogens (primary N) is 1. The normalized spacial score (nSPS) is 14.1. The van der Waals surface area contributed by atoms with Crippen molar-refractivity contribution in [2.24, 2.45) is 5.73 Å². The van der Waals surface area contributed by atoms with E-state index in [-0.39, 0.29) is 5.91 Å². The van der Waals surface area contributed by atoms with E-state index in [4.69, 9.17) is 17.3 Å². The maximum Gasteiger partial charge on any atom is 0.255 e. The topological polar surface area (TPSA) is 58.4 Å². The van der Waals surface area contributed by atoms with Crippen LogP contribution in [-0.2, 0) is 6.54 Å². The summed E-state index contributed by atoms with van der Waals surface area (Å²) in [6.07, 6.45) is 2.36. The van der Waals surface area contributed by atoms with Crippen molar-refractivity contribution in [3.63, 3.8) is 0 Å². The number of hydrogen-bond acceptors (Lipinski definition) is 3. The second-order valence-electron chi connectivity index (χ2n) is 5.75. The molecular weight excluding hydrogens is 310 g/mol. The van der Waals surface area contributed by atoms with Gasteiger partial charge in [-0.1, -0.05) is 23.7 Å². The molecule has 4 nitrogen and oxygen atoms in total. The van der Waals surface area contributed by atoms with Crippen LogP contribution in [0.5, 0.6) is 0 Å². The summed E-state index contributed by atoms with van der Waals surface area (Å²) < 4.78 is 0. The third-order valence-electron chi connectivity index (χ3n) is 4.04. The lowest BCUT2D eigenvalue weighted by Crippen LogP contribution is -2.19. The lowest BCUT2D eigenvalue weighted by molar-refractivity contribution is 0.102. The number of nitrogens with zero attached hydrogens (tertiary/aromatic N) is 1. The number of halogens is 1. The van der Waals surface area contributed by atoms with Gasteiger partial charge in [-0.25, -0.2) is 0 Å². The molecule has 0 unspecified atom stereocenters. The molecule has 0 aliphatic carbocycles. The van der Waals surface area contributed by atoms with E-state index in [1.807, 2.05) is 36.4 Å². The molecule has 2 aromatic rings. The lowest BCUT2D eigenvalue weighted by atomic mass is 10.1. The van der Waals surface area contributed by atoms with Crippen LogP contribution in [-0.4, -0.2) is 19.0 Å². The summed E-state index contributed by atoms with van der Waals surface area (Å²) in [6.45, 7) is 2.47. The maximum atomic E-state index is 12.5. The Labute approximate surface area is 141 Å². The highest BCUT2D eigenvalue weighted by molar-refractivity contribution is 6.31. The summed E-state index contributed by atoms with van der Waals surface area (Å²) in [5.41, 5.74) is 8.93. The number of benzene rings is 2. The largest absolute Gasteiger partial charge is 0.371 e. The van der Waals surface area contributed by atoms with E-state index in [0.717, 1.165) is 30.0 Å². The molecule has 1 aliphatic rings. The van der Waals surface area contributed by atoms with E-state index in [1.165, 1.54) is 12.8 Å². The predicted octanol–water partition coefficient (Wildman–Crippen LogP) is 3.65. The smallest absolute Gasteiger partial charge is 0.255 e. The van der Waals surface area contributed by atoms with E-state index in [2.05, 4.69) is 10.2 Å². The molecule has 0 spiro atoms. The SMILES string of the molecule is NCc1cccc(NC(=O)c2cc(Cl)cc(N3CCCC3)c2)c1. The van der Waals surface area contributed by atoms with Gasteiger partial charge >= 0.3 is 0 Å². The average Bonchev–Trinajstić information content (AvgIpc) is 3.09. The Kier molecular flexibility index (Phi) is 4.84. The quantitative estimate of drug-likeness (QED) is 0.900. The van der Waals surface area contributed by atoms with Gasteiger partial charge in [0, 0.05) is 41.6 Å². The summed E-state index contributed by atoms with van der Waals surface area (Å²) in [5.74, 6) is -0.165. The number of anilines is 2. The molecular formula is C18H20ClN3O.